The Morgan fingerprint density at radius 3 is 2.62 bits per heavy atom. The van der Waals surface area contributed by atoms with Crippen LogP contribution in [0.25, 0.3) is 0 Å². The standard InChI is InChI=1S/C20H21NO2S/c1-23-14-7-10-16-17(12-14)18-4-3-11-21(18)20(22)19(16)13-5-8-15(24-2)9-6-13/h5-10,12,18-19H,3-4,11H2,1-2H3. The number of methoxy groups -OCH3 is 1. The summed E-state index contributed by atoms with van der Waals surface area (Å²) in [6.45, 7) is 0.861. The third-order valence-corrected chi connectivity index (χ3v) is 5.94. The first kappa shape index (κ1) is 15.6. The first-order valence-corrected chi connectivity index (χ1v) is 9.57. The van der Waals surface area contributed by atoms with Crippen molar-refractivity contribution in [2.24, 2.45) is 0 Å². The van der Waals surface area contributed by atoms with E-state index in [9.17, 15) is 4.79 Å². The first-order valence-electron chi connectivity index (χ1n) is 8.35. The average Bonchev–Trinajstić information content (AvgIpc) is 3.12. The number of hydrogen-bond donors (Lipinski definition) is 0. The van der Waals surface area contributed by atoms with Gasteiger partial charge in [-0.15, -0.1) is 11.8 Å². The molecule has 0 N–H and O–H groups in total. The molecule has 0 aromatic heterocycles. The van der Waals surface area contributed by atoms with Crippen LogP contribution in [0.5, 0.6) is 5.75 Å². The lowest BCUT2D eigenvalue weighted by Gasteiger charge is -2.37. The van der Waals surface area contributed by atoms with E-state index in [4.69, 9.17) is 4.74 Å². The van der Waals surface area contributed by atoms with Gasteiger partial charge in [-0.25, -0.2) is 0 Å². The number of amides is 1. The molecule has 124 valence electrons. The fourth-order valence-electron chi connectivity index (χ4n) is 4.00. The van der Waals surface area contributed by atoms with E-state index in [-0.39, 0.29) is 17.9 Å². The highest BCUT2D eigenvalue weighted by atomic mass is 32.2. The Bertz CT molecular complexity index is 772. The molecule has 1 saturated heterocycles. The number of ether oxygens (including phenoxy) is 1. The monoisotopic (exact) mass is 339 g/mol. The van der Waals surface area contributed by atoms with E-state index in [1.54, 1.807) is 18.9 Å². The molecule has 0 aliphatic carbocycles. The van der Waals surface area contributed by atoms with Crippen molar-refractivity contribution in [3.05, 3.63) is 59.2 Å². The minimum absolute atomic E-state index is 0.198. The predicted molar refractivity (Wildman–Crippen MR) is 96.7 cm³/mol. The fraction of sp³-hybridized carbons (Fsp3) is 0.350. The number of thioether (sulfide) groups is 1. The lowest BCUT2D eigenvalue weighted by molar-refractivity contribution is -0.133. The van der Waals surface area contributed by atoms with Crippen LogP contribution in [0.4, 0.5) is 0 Å². The zero-order chi connectivity index (χ0) is 16.7. The second kappa shape index (κ2) is 6.17. The molecule has 2 aromatic carbocycles. The van der Waals surface area contributed by atoms with Crippen molar-refractivity contribution in [1.29, 1.82) is 0 Å². The summed E-state index contributed by atoms with van der Waals surface area (Å²) in [5.74, 6) is 0.912. The van der Waals surface area contributed by atoms with Crippen molar-refractivity contribution >= 4 is 17.7 Å². The molecule has 2 aliphatic rings. The highest BCUT2D eigenvalue weighted by molar-refractivity contribution is 7.98. The maximum absolute atomic E-state index is 13.2. The van der Waals surface area contributed by atoms with Gasteiger partial charge < -0.3 is 9.64 Å². The summed E-state index contributed by atoms with van der Waals surface area (Å²) in [5, 5.41) is 0. The van der Waals surface area contributed by atoms with Crippen molar-refractivity contribution in [3.63, 3.8) is 0 Å². The molecule has 3 nitrogen and oxygen atoms in total. The van der Waals surface area contributed by atoms with Crippen molar-refractivity contribution in [3.8, 4) is 5.75 Å². The van der Waals surface area contributed by atoms with Gasteiger partial charge in [0, 0.05) is 11.4 Å². The molecule has 4 heteroatoms. The summed E-state index contributed by atoms with van der Waals surface area (Å²) in [6, 6.07) is 14.8. The Kier molecular flexibility index (Phi) is 4.01. The topological polar surface area (TPSA) is 29.5 Å². The number of carbonyl (C=O) groups is 1. The molecule has 0 bridgehead atoms. The molecule has 0 radical (unpaired) electrons. The Hall–Kier alpha value is -1.94. The second-order valence-electron chi connectivity index (χ2n) is 6.39. The highest BCUT2D eigenvalue weighted by Crippen LogP contribution is 2.46. The minimum atomic E-state index is -0.198. The number of benzene rings is 2. The molecule has 0 saturated carbocycles. The Morgan fingerprint density at radius 2 is 1.92 bits per heavy atom. The van der Waals surface area contributed by atoms with Gasteiger partial charge in [0.2, 0.25) is 5.91 Å². The fourth-order valence-corrected chi connectivity index (χ4v) is 4.41. The van der Waals surface area contributed by atoms with Crippen LogP contribution in [0.1, 0.15) is 41.5 Å². The van der Waals surface area contributed by atoms with Crippen LogP contribution in [-0.4, -0.2) is 30.7 Å². The van der Waals surface area contributed by atoms with Crippen molar-refractivity contribution in [2.75, 3.05) is 19.9 Å². The number of nitrogens with zero attached hydrogens (tertiary/aromatic N) is 1. The van der Waals surface area contributed by atoms with Crippen LogP contribution < -0.4 is 4.74 Å². The van der Waals surface area contributed by atoms with Crippen LogP contribution in [0.15, 0.2) is 47.4 Å². The third-order valence-electron chi connectivity index (χ3n) is 5.20. The van der Waals surface area contributed by atoms with Crippen LogP contribution in [0.3, 0.4) is 0 Å². The minimum Gasteiger partial charge on any atom is -0.497 e. The Morgan fingerprint density at radius 1 is 1.12 bits per heavy atom. The molecular weight excluding hydrogens is 318 g/mol. The maximum atomic E-state index is 13.2. The van der Waals surface area contributed by atoms with Gasteiger partial charge in [0.15, 0.2) is 0 Å². The zero-order valence-corrected chi connectivity index (χ0v) is 14.8. The highest BCUT2D eigenvalue weighted by Gasteiger charge is 2.42. The summed E-state index contributed by atoms with van der Waals surface area (Å²) in [6.07, 6.45) is 4.19. The molecule has 2 unspecified atom stereocenters. The Balaban J connectivity index is 1.84. The van der Waals surface area contributed by atoms with Gasteiger partial charge in [0.1, 0.15) is 5.75 Å². The van der Waals surface area contributed by atoms with Gasteiger partial charge in [-0.1, -0.05) is 18.2 Å². The van der Waals surface area contributed by atoms with Crippen LogP contribution in [0.2, 0.25) is 0 Å². The first-order chi connectivity index (χ1) is 11.7. The van der Waals surface area contributed by atoms with Crippen molar-refractivity contribution in [2.45, 2.75) is 29.7 Å². The van der Waals surface area contributed by atoms with Gasteiger partial charge in [0.05, 0.1) is 19.1 Å². The van der Waals surface area contributed by atoms with E-state index < -0.39 is 0 Å². The van der Waals surface area contributed by atoms with E-state index in [0.717, 1.165) is 36.3 Å². The molecule has 2 aliphatic heterocycles. The summed E-state index contributed by atoms with van der Waals surface area (Å²) >= 11 is 1.72. The van der Waals surface area contributed by atoms with Gasteiger partial charge in [-0.05, 0) is 60.1 Å². The van der Waals surface area contributed by atoms with Gasteiger partial charge in [-0.3, -0.25) is 4.79 Å². The third kappa shape index (κ3) is 2.40. The molecule has 2 aromatic rings. The Labute approximate surface area is 147 Å². The number of fused-ring (bicyclic) bond motifs is 3. The summed E-state index contributed by atoms with van der Waals surface area (Å²) in [5.41, 5.74) is 3.47. The lowest BCUT2D eigenvalue weighted by atomic mass is 9.81. The molecule has 24 heavy (non-hydrogen) atoms. The van der Waals surface area contributed by atoms with Gasteiger partial charge in [0.25, 0.3) is 0 Å². The maximum Gasteiger partial charge on any atom is 0.235 e. The van der Waals surface area contributed by atoms with Crippen molar-refractivity contribution in [1.82, 2.24) is 4.90 Å². The number of hydrogen-bond acceptors (Lipinski definition) is 3. The van der Waals surface area contributed by atoms with E-state index >= 15 is 0 Å². The van der Waals surface area contributed by atoms with Crippen LogP contribution in [0, 0.1) is 0 Å². The number of carbonyl (C=O) groups excluding carboxylic acids is 1. The number of rotatable bonds is 3. The summed E-state index contributed by atoms with van der Waals surface area (Å²) < 4.78 is 5.42. The molecule has 0 spiro atoms. The van der Waals surface area contributed by atoms with E-state index in [1.807, 2.05) is 6.07 Å². The molecule has 1 amide bonds. The van der Waals surface area contributed by atoms with Crippen LogP contribution in [-0.2, 0) is 4.79 Å². The normalized spacial score (nSPS) is 22.2. The van der Waals surface area contributed by atoms with E-state index in [0.29, 0.717) is 0 Å². The van der Waals surface area contributed by atoms with Gasteiger partial charge in [-0.2, -0.15) is 0 Å². The van der Waals surface area contributed by atoms with E-state index in [1.165, 1.54) is 10.5 Å². The smallest absolute Gasteiger partial charge is 0.235 e. The molecular formula is C20H21NO2S. The molecule has 4 rings (SSSR count). The zero-order valence-electron chi connectivity index (χ0n) is 14.0. The molecule has 2 heterocycles. The molecule has 2 atom stereocenters. The van der Waals surface area contributed by atoms with Crippen molar-refractivity contribution < 1.29 is 9.53 Å². The largest absolute Gasteiger partial charge is 0.497 e. The average molecular weight is 339 g/mol. The van der Waals surface area contributed by atoms with Crippen LogP contribution >= 0.6 is 11.8 Å². The second-order valence-corrected chi connectivity index (χ2v) is 7.27. The predicted octanol–water partition coefficient (Wildman–Crippen LogP) is 4.23. The van der Waals surface area contributed by atoms with E-state index in [2.05, 4.69) is 47.6 Å². The quantitative estimate of drug-likeness (QED) is 0.784. The lowest BCUT2D eigenvalue weighted by Crippen LogP contribution is -2.40. The summed E-state index contributed by atoms with van der Waals surface area (Å²) in [4.78, 5) is 16.5. The molecule has 1 fully saturated rings. The summed E-state index contributed by atoms with van der Waals surface area (Å²) in [7, 11) is 1.70. The van der Waals surface area contributed by atoms with Gasteiger partial charge >= 0.3 is 0 Å². The SMILES string of the molecule is COc1ccc2c(c1)C1CCCN1C(=O)C2c1ccc(SC)cc1.